The van der Waals surface area contributed by atoms with Gasteiger partial charge in [-0.3, -0.25) is 4.79 Å². The third-order valence-electron chi connectivity index (χ3n) is 4.10. The number of carbonyl (C=O) groups is 1. The van der Waals surface area contributed by atoms with E-state index in [0.29, 0.717) is 12.0 Å². The number of allylic oxidation sites excluding steroid dienone is 2. The summed E-state index contributed by atoms with van der Waals surface area (Å²) in [6, 6.07) is 8.30. The van der Waals surface area contributed by atoms with Gasteiger partial charge < -0.3 is 5.73 Å². The molecule has 1 aliphatic carbocycles. The molecule has 19 heavy (non-hydrogen) atoms. The van der Waals surface area contributed by atoms with Gasteiger partial charge in [-0.1, -0.05) is 43.2 Å². The van der Waals surface area contributed by atoms with E-state index in [1.165, 1.54) is 11.1 Å². The zero-order valence-electron chi connectivity index (χ0n) is 11.9. The van der Waals surface area contributed by atoms with Gasteiger partial charge in [-0.05, 0) is 37.8 Å². The molecular formula is C17H23NO. The number of hydrogen-bond donors (Lipinski definition) is 1. The van der Waals surface area contributed by atoms with Crippen molar-refractivity contribution in [2.45, 2.75) is 51.5 Å². The van der Waals surface area contributed by atoms with Crippen LogP contribution in [0, 0.1) is 0 Å². The zero-order valence-corrected chi connectivity index (χ0v) is 11.9. The lowest BCUT2D eigenvalue weighted by Crippen LogP contribution is -2.19. The fourth-order valence-electron chi connectivity index (χ4n) is 2.83. The van der Waals surface area contributed by atoms with Crippen molar-refractivity contribution >= 4 is 5.78 Å². The van der Waals surface area contributed by atoms with Crippen molar-refractivity contribution in [3.8, 4) is 0 Å². The average molecular weight is 257 g/mol. The van der Waals surface area contributed by atoms with Crippen molar-refractivity contribution in [2.75, 3.05) is 0 Å². The number of carbonyl (C=O) groups excluding carboxylic acids is 1. The SMILES string of the molecule is CCC(N)CCCC1C(C)=CC(=O)c2ccccc21. The molecular weight excluding hydrogens is 234 g/mol. The van der Waals surface area contributed by atoms with E-state index < -0.39 is 0 Å². The summed E-state index contributed by atoms with van der Waals surface area (Å²) in [6.45, 7) is 4.20. The number of fused-ring (bicyclic) bond motifs is 1. The van der Waals surface area contributed by atoms with Gasteiger partial charge in [-0.2, -0.15) is 0 Å². The minimum atomic E-state index is 0.148. The first-order valence-corrected chi connectivity index (χ1v) is 7.20. The summed E-state index contributed by atoms with van der Waals surface area (Å²) in [5.41, 5.74) is 9.23. The molecule has 0 aliphatic heterocycles. The molecule has 2 atom stereocenters. The molecule has 0 heterocycles. The summed E-state index contributed by atoms with van der Waals surface area (Å²) in [5.74, 6) is 0.535. The summed E-state index contributed by atoms with van der Waals surface area (Å²) >= 11 is 0. The van der Waals surface area contributed by atoms with Crippen molar-refractivity contribution in [3.05, 3.63) is 47.0 Å². The maximum Gasteiger partial charge on any atom is 0.186 e. The molecule has 0 spiro atoms. The van der Waals surface area contributed by atoms with Crippen molar-refractivity contribution in [2.24, 2.45) is 5.73 Å². The summed E-state index contributed by atoms with van der Waals surface area (Å²) in [6.07, 6.45) is 6.10. The maximum atomic E-state index is 12.0. The Hall–Kier alpha value is -1.41. The third kappa shape index (κ3) is 3.13. The lowest BCUT2D eigenvalue weighted by Gasteiger charge is -2.25. The minimum Gasteiger partial charge on any atom is -0.328 e. The number of benzene rings is 1. The fraction of sp³-hybridized carbons (Fsp3) is 0.471. The number of rotatable bonds is 5. The molecule has 1 aliphatic rings. The minimum absolute atomic E-state index is 0.148. The van der Waals surface area contributed by atoms with E-state index in [9.17, 15) is 4.79 Å². The molecule has 0 radical (unpaired) electrons. The molecule has 0 amide bonds. The Morgan fingerprint density at radius 2 is 2.05 bits per heavy atom. The van der Waals surface area contributed by atoms with E-state index in [2.05, 4.69) is 19.9 Å². The molecule has 0 bridgehead atoms. The smallest absolute Gasteiger partial charge is 0.186 e. The first-order valence-electron chi connectivity index (χ1n) is 7.20. The molecule has 0 saturated heterocycles. The molecule has 2 N–H and O–H groups in total. The van der Waals surface area contributed by atoms with E-state index in [1.54, 1.807) is 6.08 Å². The van der Waals surface area contributed by atoms with Gasteiger partial charge in [-0.15, -0.1) is 0 Å². The normalized spacial score (nSPS) is 19.8. The van der Waals surface area contributed by atoms with Crippen molar-refractivity contribution in [1.82, 2.24) is 0 Å². The topological polar surface area (TPSA) is 43.1 Å². The van der Waals surface area contributed by atoms with Gasteiger partial charge in [0.05, 0.1) is 0 Å². The van der Waals surface area contributed by atoms with Crippen LogP contribution >= 0.6 is 0 Å². The largest absolute Gasteiger partial charge is 0.328 e. The molecule has 102 valence electrons. The van der Waals surface area contributed by atoms with Gasteiger partial charge >= 0.3 is 0 Å². The van der Waals surface area contributed by atoms with E-state index in [-0.39, 0.29) is 5.78 Å². The maximum absolute atomic E-state index is 12.0. The van der Waals surface area contributed by atoms with Gasteiger partial charge in [0.15, 0.2) is 5.78 Å². The van der Waals surface area contributed by atoms with Crippen LogP contribution in [0.15, 0.2) is 35.9 Å². The molecule has 1 aromatic rings. The Morgan fingerprint density at radius 3 is 2.79 bits per heavy atom. The predicted molar refractivity (Wildman–Crippen MR) is 79.4 cm³/mol. The molecule has 2 unspecified atom stereocenters. The lowest BCUT2D eigenvalue weighted by atomic mass is 9.79. The molecule has 2 nitrogen and oxygen atoms in total. The highest BCUT2D eigenvalue weighted by Crippen LogP contribution is 2.35. The van der Waals surface area contributed by atoms with E-state index in [1.807, 2.05) is 18.2 Å². The highest BCUT2D eigenvalue weighted by Gasteiger charge is 2.24. The average Bonchev–Trinajstić information content (AvgIpc) is 2.42. The second-order valence-electron chi connectivity index (χ2n) is 5.49. The summed E-state index contributed by atoms with van der Waals surface area (Å²) in [5, 5.41) is 0. The van der Waals surface area contributed by atoms with Crippen LogP contribution in [0.4, 0.5) is 0 Å². The molecule has 0 fully saturated rings. The summed E-state index contributed by atoms with van der Waals surface area (Å²) < 4.78 is 0. The Bertz CT molecular complexity index is 490. The molecule has 0 aromatic heterocycles. The fourth-order valence-corrected chi connectivity index (χ4v) is 2.83. The van der Waals surface area contributed by atoms with Crippen molar-refractivity contribution in [3.63, 3.8) is 0 Å². The lowest BCUT2D eigenvalue weighted by molar-refractivity contribution is 0.104. The van der Waals surface area contributed by atoms with E-state index >= 15 is 0 Å². The van der Waals surface area contributed by atoms with Gasteiger partial charge in [-0.25, -0.2) is 0 Å². The Kier molecular flexibility index (Phi) is 4.54. The standard InChI is InChI=1S/C17H23NO/c1-3-13(18)7-6-10-14-12(2)11-17(19)16-9-5-4-8-15(14)16/h4-5,8-9,11,13-14H,3,6-7,10,18H2,1-2H3. The van der Waals surface area contributed by atoms with Gasteiger partial charge in [0.25, 0.3) is 0 Å². The number of hydrogen-bond acceptors (Lipinski definition) is 2. The molecule has 1 aromatic carbocycles. The summed E-state index contributed by atoms with van der Waals surface area (Å²) in [4.78, 5) is 12.0. The van der Waals surface area contributed by atoms with Crippen LogP contribution in [0.1, 0.15) is 61.4 Å². The monoisotopic (exact) mass is 257 g/mol. The van der Waals surface area contributed by atoms with Crippen LogP contribution < -0.4 is 5.73 Å². The van der Waals surface area contributed by atoms with Gasteiger partial charge in [0.1, 0.15) is 0 Å². The highest BCUT2D eigenvalue weighted by atomic mass is 16.1. The summed E-state index contributed by atoms with van der Waals surface area (Å²) in [7, 11) is 0. The van der Waals surface area contributed by atoms with Crippen LogP contribution in [0.25, 0.3) is 0 Å². The van der Waals surface area contributed by atoms with Crippen molar-refractivity contribution < 1.29 is 4.79 Å². The van der Waals surface area contributed by atoms with E-state index in [4.69, 9.17) is 5.73 Å². The van der Waals surface area contributed by atoms with E-state index in [0.717, 1.165) is 31.2 Å². The van der Waals surface area contributed by atoms with Crippen molar-refractivity contribution in [1.29, 1.82) is 0 Å². The second-order valence-corrected chi connectivity index (χ2v) is 5.49. The molecule has 0 saturated carbocycles. The first-order chi connectivity index (χ1) is 9.13. The second kappa shape index (κ2) is 6.16. The van der Waals surface area contributed by atoms with Crippen LogP contribution in [0.3, 0.4) is 0 Å². The Labute approximate surface area is 115 Å². The van der Waals surface area contributed by atoms with Gasteiger partial charge in [0.2, 0.25) is 0 Å². The zero-order chi connectivity index (χ0) is 13.8. The number of nitrogens with two attached hydrogens (primary N) is 1. The first kappa shape index (κ1) is 14.0. The Morgan fingerprint density at radius 1 is 1.32 bits per heavy atom. The Balaban J connectivity index is 2.11. The molecule has 2 heteroatoms. The van der Waals surface area contributed by atoms with Crippen LogP contribution in [-0.4, -0.2) is 11.8 Å². The number of ketones is 1. The quantitative estimate of drug-likeness (QED) is 0.871. The van der Waals surface area contributed by atoms with Crippen LogP contribution in [0.5, 0.6) is 0 Å². The molecule has 2 rings (SSSR count). The van der Waals surface area contributed by atoms with Crippen LogP contribution in [0.2, 0.25) is 0 Å². The highest BCUT2D eigenvalue weighted by molar-refractivity contribution is 6.07. The van der Waals surface area contributed by atoms with Crippen LogP contribution in [-0.2, 0) is 0 Å². The van der Waals surface area contributed by atoms with Gasteiger partial charge in [0, 0.05) is 17.5 Å². The third-order valence-corrected chi connectivity index (χ3v) is 4.10. The predicted octanol–water partition coefficient (Wildman–Crippen LogP) is 3.82.